The Labute approximate surface area is 135 Å². The van der Waals surface area contributed by atoms with E-state index in [-0.39, 0.29) is 18.2 Å². The molecule has 0 saturated carbocycles. The predicted molar refractivity (Wildman–Crippen MR) is 89.8 cm³/mol. The number of benzene rings is 2. The summed E-state index contributed by atoms with van der Waals surface area (Å²) >= 11 is 0. The molecule has 0 radical (unpaired) electrons. The van der Waals surface area contributed by atoms with E-state index in [9.17, 15) is 9.59 Å². The first-order valence-electron chi connectivity index (χ1n) is 7.44. The average molecular weight is 312 g/mol. The Balaban J connectivity index is 2.06. The van der Waals surface area contributed by atoms with E-state index < -0.39 is 0 Å². The highest BCUT2D eigenvalue weighted by molar-refractivity contribution is 6.04. The van der Waals surface area contributed by atoms with Gasteiger partial charge in [-0.1, -0.05) is 24.3 Å². The molecule has 2 N–H and O–H groups in total. The number of nitrogens with one attached hydrogen (secondary N) is 2. The Hall–Kier alpha value is -2.82. The fourth-order valence-corrected chi connectivity index (χ4v) is 2.17. The zero-order valence-electron chi connectivity index (χ0n) is 13.3. The van der Waals surface area contributed by atoms with Gasteiger partial charge in [-0.2, -0.15) is 0 Å². The van der Waals surface area contributed by atoms with E-state index in [1.165, 1.54) is 0 Å². The maximum Gasteiger partial charge on any atom is 0.253 e. The molecule has 0 aromatic heterocycles. The van der Waals surface area contributed by atoms with Crippen LogP contribution in [0.25, 0.3) is 0 Å². The summed E-state index contributed by atoms with van der Waals surface area (Å²) in [6.07, 6.45) is 0.230. The maximum atomic E-state index is 12.2. The maximum absolute atomic E-state index is 12.2. The molecule has 2 aromatic carbocycles. The molecule has 0 saturated heterocycles. The van der Waals surface area contributed by atoms with Crippen molar-refractivity contribution in [2.45, 2.75) is 13.3 Å². The van der Waals surface area contributed by atoms with Gasteiger partial charge in [0.05, 0.1) is 24.8 Å². The summed E-state index contributed by atoms with van der Waals surface area (Å²) in [5.74, 6) is 0.371. The molecule has 0 fully saturated rings. The summed E-state index contributed by atoms with van der Waals surface area (Å²) in [5, 5.41) is 5.53. The lowest BCUT2D eigenvalue weighted by molar-refractivity contribution is -0.115. The van der Waals surface area contributed by atoms with Crippen LogP contribution in [0.4, 0.5) is 5.69 Å². The third-order valence-electron chi connectivity index (χ3n) is 3.31. The molecule has 0 bridgehead atoms. The number of anilines is 1. The van der Waals surface area contributed by atoms with E-state index in [1.54, 1.807) is 31.4 Å². The molecule has 0 atom stereocenters. The van der Waals surface area contributed by atoms with Crippen LogP contribution in [0.5, 0.6) is 5.75 Å². The van der Waals surface area contributed by atoms with Crippen LogP contribution in [0.3, 0.4) is 0 Å². The summed E-state index contributed by atoms with van der Waals surface area (Å²) in [5.41, 5.74) is 1.84. The van der Waals surface area contributed by atoms with Gasteiger partial charge in [-0.25, -0.2) is 0 Å². The Morgan fingerprint density at radius 2 is 1.74 bits per heavy atom. The number of hydrogen-bond donors (Lipinski definition) is 2. The summed E-state index contributed by atoms with van der Waals surface area (Å²) in [6, 6.07) is 14.3. The van der Waals surface area contributed by atoms with Crippen molar-refractivity contribution in [3.8, 4) is 5.75 Å². The fraction of sp³-hybridized carbons (Fsp3) is 0.222. The Bertz CT molecular complexity index is 681. The molecule has 0 unspecified atom stereocenters. The van der Waals surface area contributed by atoms with E-state index >= 15 is 0 Å². The van der Waals surface area contributed by atoms with Gasteiger partial charge in [-0.15, -0.1) is 0 Å². The van der Waals surface area contributed by atoms with Gasteiger partial charge in [0.15, 0.2) is 0 Å². The molecule has 0 spiro atoms. The Morgan fingerprint density at radius 3 is 2.39 bits per heavy atom. The highest BCUT2D eigenvalue weighted by atomic mass is 16.5. The fourth-order valence-electron chi connectivity index (χ4n) is 2.17. The second kappa shape index (κ2) is 7.98. The smallest absolute Gasteiger partial charge is 0.253 e. The number of hydrogen-bond acceptors (Lipinski definition) is 3. The quantitative estimate of drug-likeness (QED) is 0.861. The normalized spacial score (nSPS) is 10.0. The number of rotatable bonds is 6. The molecule has 0 heterocycles. The van der Waals surface area contributed by atoms with Crippen molar-refractivity contribution in [2.75, 3.05) is 19.0 Å². The summed E-state index contributed by atoms with van der Waals surface area (Å²) < 4.78 is 5.09. The summed E-state index contributed by atoms with van der Waals surface area (Å²) in [6.45, 7) is 2.38. The van der Waals surface area contributed by atoms with Crippen LogP contribution >= 0.6 is 0 Å². The molecule has 2 amide bonds. The van der Waals surface area contributed by atoms with E-state index in [0.29, 0.717) is 17.8 Å². The van der Waals surface area contributed by atoms with Crippen LogP contribution in [-0.4, -0.2) is 25.5 Å². The molecule has 0 aliphatic rings. The molecule has 120 valence electrons. The third kappa shape index (κ3) is 4.57. The van der Waals surface area contributed by atoms with Gasteiger partial charge in [-0.3, -0.25) is 9.59 Å². The van der Waals surface area contributed by atoms with Crippen LogP contribution < -0.4 is 15.4 Å². The largest absolute Gasteiger partial charge is 0.497 e. The van der Waals surface area contributed by atoms with E-state index in [2.05, 4.69) is 10.6 Å². The first kappa shape index (κ1) is 16.5. The molecule has 0 aliphatic carbocycles. The molecule has 0 aliphatic heterocycles. The van der Waals surface area contributed by atoms with Gasteiger partial charge in [0.2, 0.25) is 5.91 Å². The van der Waals surface area contributed by atoms with E-state index in [4.69, 9.17) is 4.74 Å². The minimum atomic E-state index is -0.201. The topological polar surface area (TPSA) is 67.4 Å². The van der Waals surface area contributed by atoms with Gasteiger partial charge in [0, 0.05) is 6.54 Å². The van der Waals surface area contributed by atoms with Crippen LogP contribution in [0, 0.1) is 0 Å². The molecular formula is C18H20N2O3. The van der Waals surface area contributed by atoms with Gasteiger partial charge in [0.25, 0.3) is 5.91 Å². The van der Waals surface area contributed by atoms with Crippen molar-refractivity contribution in [3.05, 3.63) is 59.7 Å². The lowest BCUT2D eigenvalue weighted by atomic mass is 10.1. The third-order valence-corrected chi connectivity index (χ3v) is 3.31. The molecule has 2 rings (SSSR count). The number of para-hydroxylation sites is 1. The number of methoxy groups -OCH3 is 1. The predicted octanol–water partition coefficient (Wildman–Crippen LogP) is 2.63. The van der Waals surface area contributed by atoms with Crippen molar-refractivity contribution in [1.82, 2.24) is 5.32 Å². The van der Waals surface area contributed by atoms with Crippen LogP contribution in [0.15, 0.2) is 48.5 Å². The molecule has 23 heavy (non-hydrogen) atoms. The second-order valence-corrected chi connectivity index (χ2v) is 4.98. The number of amides is 2. The second-order valence-electron chi connectivity index (χ2n) is 4.98. The average Bonchev–Trinajstić information content (AvgIpc) is 2.56. The van der Waals surface area contributed by atoms with Gasteiger partial charge < -0.3 is 15.4 Å². The summed E-state index contributed by atoms with van der Waals surface area (Å²) in [7, 11) is 1.60. The monoisotopic (exact) mass is 312 g/mol. The van der Waals surface area contributed by atoms with Crippen molar-refractivity contribution < 1.29 is 14.3 Å². The number of ether oxygens (including phenoxy) is 1. The summed E-state index contributed by atoms with van der Waals surface area (Å²) in [4.78, 5) is 24.2. The van der Waals surface area contributed by atoms with Gasteiger partial charge in [0.1, 0.15) is 5.75 Å². The van der Waals surface area contributed by atoms with E-state index in [0.717, 1.165) is 11.3 Å². The SMILES string of the molecule is CCNC(=O)c1ccccc1NC(=O)Cc1ccc(OC)cc1. The van der Waals surface area contributed by atoms with Crippen molar-refractivity contribution in [3.63, 3.8) is 0 Å². The first-order chi connectivity index (χ1) is 11.1. The lowest BCUT2D eigenvalue weighted by Crippen LogP contribution is -2.25. The standard InChI is InChI=1S/C18H20N2O3/c1-3-19-18(22)15-6-4-5-7-16(15)20-17(21)12-13-8-10-14(23-2)11-9-13/h4-11H,3,12H2,1-2H3,(H,19,22)(H,20,21). The number of carbonyl (C=O) groups is 2. The van der Waals surface area contributed by atoms with E-state index in [1.807, 2.05) is 31.2 Å². The Morgan fingerprint density at radius 1 is 1.04 bits per heavy atom. The molecular weight excluding hydrogens is 292 g/mol. The molecule has 2 aromatic rings. The van der Waals surface area contributed by atoms with Crippen LogP contribution in [0.1, 0.15) is 22.8 Å². The first-order valence-corrected chi connectivity index (χ1v) is 7.44. The highest BCUT2D eigenvalue weighted by Crippen LogP contribution is 2.16. The van der Waals surface area contributed by atoms with Gasteiger partial charge in [-0.05, 0) is 36.8 Å². The lowest BCUT2D eigenvalue weighted by Gasteiger charge is -2.11. The molecule has 5 nitrogen and oxygen atoms in total. The van der Waals surface area contributed by atoms with Gasteiger partial charge >= 0.3 is 0 Å². The van der Waals surface area contributed by atoms with Crippen LogP contribution in [0.2, 0.25) is 0 Å². The van der Waals surface area contributed by atoms with Crippen molar-refractivity contribution >= 4 is 17.5 Å². The van der Waals surface area contributed by atoms with Crippen LogP contribution in [-0.2, 0) is 11.2 Å². The Kier molecular flexibility index (Phi) is 5.74. The van der Waals surface area contributed by atoms with Crippen molar-refractivity contribution in [2.24, 2.45) is 0 Å². The minimum absolute atomic E-state index is 0.174. The number of carbonyl (C=O) groups excluding carboxylic acids is 2. The zero-order chi connectivity index (χ0) is 16.7. The minimum Gasteiger partial charge on any atom is -0.497 e. The molecule has 5 heteroatoms. The highest BCUT2D eigenvalue weighted by Gasteiger charge is 2.12. The zero-order valence-corrected chi connectivity index (χ0v) is 13.3. The van der Waals surface area contributed by atoms with Crippen molar-refractivity contribution in [1.29, 1.82) is 0 Å².